The minimum atomic E-state index is -2.97. The number of rotatable bonds is 6. The Morgan fingerprint density at radius 2 is 2.18 bits per heavy atom. The zero-order valence-corrected chi connectivity index (χ0v) is 10.7. The normalized spacial score (nSPS) is 11.6. The van der Waals surface area contributed by atoms with Crippen LogP contribution in [0, 0.1) is 6.92 Å². The Balaban J connectivity index is 2.62. The van der Waals surface area contributed by atoms with Crippen LogP contribution in [0.5, 0.6) is 0 Å². The van der Waals surface area contributed by atoms with E-state index in [1.54, 1.807) is 13.8 Å². The predicted molar refractivity (Wildman–Crippen MR) is 62.9 cm³/mol. The monoisotopic (exact) mass is 260 g/mol. The molecule has 0 saturated heterocycles. The number of aromatic carboxylic acids is 1. The first-order valence-electron chi connectivity index (χ1n) is 5.33. The van der Waals surface area contributed by atoms with Crippen molar-refractivity contribution >= 4 is 15.8 Å². The molecular formula is C10H16N2O4S. The Morgan fingerprint density at radius 3 is 2.65 bits per heavy atom. The standard InChI is InChI=1S/C10H16N2O4S/c1-3-17(15,16)6-4-5-12-8(2)9(7-11-12)10(13)14/h7H,3-6H2,1-2H3,(H,13,14). The predicted octanol–water partition coefficient (Wildman–Crippen LogP) is 0.715. The summed E-state index contributed by atoms with van der Waals surface area (Å²) in [5, 5.41) is 12.7. The van der Waals surface area contributed by atoms with Crippen LogP contribution >= 0.6 is 0 Å². The van der Waals surface area contributed by atoms with Crippen LogP contribution < -0.4 is 0 Å². The van der Waals surface area contributed by atoms with E-state index in [0.29, 0.717) is 18.7 Å². The van der Waals surface area contributed by atoms with Gasteiger partial charge in [-0.2, -0.15) is 5.10 Å². The molecule has 0 unspecified atom stereocenters. The SMILES string of the molecule is CCS(=O)(=O)CCCn1ncc(C(=O)O)c1C. The van der Waals surface area contributed by atoms with Gasteiger partial charge < -0.3 is 5.11 Å². The van der Waals surface area contributed by atoms with Crippen molar-refractivity contribution in [2.24, 2.45) is 0 Å². The van der Waals surface area contributed by atoms with Gasteiger partial charge in [-0.15, -0.1) is 0 Å². The summed E-state index contributed by atoms with van der Waals surface area (Å²) >= 11 is 0. The smallest absolute Gasteiger partial charge is 0.339 e. The zero-order valence-electron chi connectivity index (χ0n) is 9.88. The average molecular weight is 260 g/mol. The maximum atomic E-state index is 11.3. The first kappa shape index (κ1) is 13.7. The van der Waals surface area contributed by atoms with E-state index in [9.17, 15) is 13.2 Å². The molecule has 0 fully saturated rings. The van der Waals surface area contributed by atoms with Crippen molar-refractivity contribution in [3.8, 4) is 0 Å². The van der Waals surface area contributed by atoms with Crippen molar-refractivity contribution in [3.05, 3.63) is 17.5 Å². The Morgan fingerprint density at radius 1 is 1.53 bits per heavy atom. The second kappa shape index (κ2) is 5.31. The van der Waals surface area contributed by atoms with Gasteiger partial charge in [0.25, 0.3) is 0 Å². The van der Waals surface area contributed by atoms with Crippen LogP contribution in [0.2, 0.25) is 0 Å². The van der Waals surface area contributed by atoms with Crippen molar-refractivity contribution in [1.82, 2.24) is 9.78 Å². The van der Waals surface area contributed by atoms with E-state index >= 15 is 0 Å². The number of aryl methyl sites for hydroxylation is 1. The van der Waals surface area contributed by atoms with Crippen molar-refractivity contribution in [3.63, 3.8) is 0 Å². The summed E-state index contributed by atoms with van der Waals surface area (Å²) in [5.41, 5.74) is 0.703. The fourth-order valence-electron chi connectivity index (χ4n) is 1.46. The number of carboxylic acid groups (broad SMARTS) is 1. The van der Waals surface area contributed by atoms with Gasteiger partial charge in [0.15, 0.2) is 0 Å². The summed E-state index contributed by atoms with van der Waals surface area (Å²) in [4.78, 5) is 10.8. The second-order valence-corrected chi connectivity index (χ2v) is 6.23. The summed E-state index contributed by atoms with van der Waals surface area (Å²) < 4.78 is 24.1. The van der Waals surface area contributed by atoms with Crippen LogP contribution in [0.4, 0.5) is 0 Å². The van der Waals surface area contributed by atoms with Gasteiger partial charge in [0.1, 0.15) is 15.4 Å². The van der Waals surface area contributed by atoms with Gasteiger partial charge in [-0.05, 0) is 13.3 Å². The molecule has 0 atom stereocenters. The molecule has 1 aromatic rings. The molecule has 1 N–H and O–H groups in total. The van der Waals surface area contributed by atoms with E-state index < -0.39 is 15.8 Å². The van der Waals surface area contributed by atoms with Gasteiger partial charge in [-0.1, -0.05) is 6.92 Å². The molecule has 1 rings (SSSR count). The highest BCUT2D eigenvalue weighted by Gasteiger charge is 2.13. The molecule has 0 aromatic carbocycles. The summed E-state index contributed by atoms with van der Waals surface area (Å²) in [6.07, 6.45) is 1.73. The van der Waals surface area contributed by atoms with Gasteiger partial charge in [-0.3, -0.25) is 4.68 Å². The molecule has 0 amide bonds. The third kappa shape index (κ3) is 3.55. The zero-order chi connectivity index (χ0) is 13.1. The van der Waals surface area contributed by atoms with Crippen LogP contribution in [0.15, 0.2) is 6.20 Å². The van der Waals surface area contributed by atoms with E-state index in [4.69, 9.17) is 5.11 Å². The molecule has 0 spiro atoms. The van der Waals surface area contributed by atoms with Gasteiger partial charge in [0.2, 0.25) is 0 Å². The largest absolute Gasteiger partial charge is 0.478 e. The molecule has 0 saturated carbocycles. The van der Waals surface area contributed by atoms with Gasteiger partial charge in [0, 0.05) is 18.0 Å². The Labute approximate surface area is 100 Å². The lowest BCUT2D eigenvalue weighted by Gasteiger charge is -2.04. The minimum Gasteiger partial charge on any atom is -0.478 e. The van der Waals surface area contributed by atoms with Crippen molar-refractivity contribution in [2.45, 2.75) is 26.8 Å². The fraction of sp³-hybridized carbons (Fsp3) is 0.600. The van der Waals surface area contributed by atoms with E-state index in [1.807, 2.05) is 0 Å². The highest BCUT2D eigenvalue weighted by molar-refractivity contribution is 7.91. The summed E-state index contributed by atoms with van der Waals surface area (Å²) in [7, 11) is -2.97. The Bertz CT molecular complexity index is 504. The summed E-state index contributed by atoms with van der Waals surface area (Å²) in [6.45, 7) is 3.68. The van der Waals surface area contributed by atoms with E-state index in [-0.39, 0.29) is 17.1 Å². The molecule has 0 bridgehead atoms. The number of sulfone groups is 1. The first-order chi connectivity index (χ1) is 7.87. The topological polar surface area (TPSA) is 89.3 Å². The molecule has 96 valence electrons. The van der Waals surface area contributed by atoms with Crippen LogP contribution in [0.1, 0.15) is 29.4 Å². The van der Waals surface area contributed by atoms with Crippen LogP contribution in [-0.2, 0) is 16.4 Å². The molecule has 1 heterocycles. The number of hydrogen-bond acceptors (Lipinski definition) is 4. The number of carbonyl (C=O) groups is 1. The number of carboxylic acids is 1. The lowest BCUT2D eigenvalue weighted by Crippen LogP contribution is -2.12. The highest BCUT2D eigenvalue weighted by atomic mass is 32.2. The van der Waals surface area contributed by atoms with Crippen LogP contribution in [0.25, 0.3) is 0 Å². The summed E-state index contributed by atoms with van der Waals surface area (Å²) in [5.74, 6) is -0.786. The molecule has 17 heavy (non-hydrogen) atoms. The Kier molecular flexibility index (Phi) is 4.28. The minimum absolute atomic E-state index is 0.102. The molecule has 0 aliphatic rings. The lowest BCUT2D eigenvalue weighted by molar-refractivity contribution is 0.0696. The van der Waals surface area contributed by atoms with Gasteiger partial charge in [0.05, 0.1) is 11.9 Å². The van der Waals surface area contributed by atoms with Crippen molar-refractivity contribution in [1.29, 1.82) is 0 Å². The number of hydrogen-bond donors (Lipinski definition) is 1. The van der Waals surface area contributed by atoms with E-state index in [2.05, 4.69) is 5.10 Å². The maximum Gasteiger partial charge on any atom is 0.339 e. The maximum absolute atomic E-state index is 11.3. The second-order valence-electron chi connectivity index (χ2n) is 3.76. The molecule has 0 aliphatic heterocycles. The van der Waals surface area contributed by atoms with Gasteiger partial charge >= 0.3 is 5.97 Å². The molecule has 7 heteroatoms. The van der Waals surface area contributed by atoms with Gasteiger partial charge in [-0.25, -0.2) is 13.2 Å². The van der Waals surface area contributed by atoms with E-state index in [0.717, 1.165) is 0 Å². The lowest BCUT2D eigenvalue weighted by atomic mass is 10.3. The highest BCUT2D eigenvalue weighted by Crippen LogP contribution is 2.08. The third-order valence-corrected chi connectivity index (χ3v) is 4.39. The first-order valence-corrected chi connectivity index (χ1v) is 7.15. The number of nitrogens with zero attached hydrogens (tertiary/aromatic N) is 2. The summed E-state index contributed by atoms with van der Waals surface area (Å²) in [6, 6.07) is 0. The van der Waals surface area contributed by atoms with Crippen molar-refractivity contribution in [2.75, 3.05) is 11.5 Å². The molecule has 0 aliphatic carbocycles. The molecular weight excluding hydrogens is 244 g/mol. The van der Waals surface area contributed by atoms with Crippen molar-refractivity contribution < 1.29 is 18.3 Å². The third-order valence-electron chi connectivity index (χ3n) is 2.60. The molecule has 6 nitrogen and oxygen atoms in total. The number of aromatic nitrogens is 2. The molecule has 1 aromatic heterocycles. The van der Waals surface area contributed by atoms with Crippen LogP contribution in [0.3, 0.4) is 0 Å². The van der Waals surface area contributed by atoms with Crippen LogP contribution in [-0.4, -0.2) is 40.8 Å². The Hall–Kier alpha value is -1.37. The van der Waals surface area contributed by atoms with E-state index in [1.165, 1.54) is 10.9 Å². The quantitative estimate of drug-likeness (QED) is 0.813. The average Bonchev–Trinajstić information content (AvgIpc) is 2.60. The fourth-order valence-corrected chi connectivity index (χ4v) is 2.32. The molecule has 0 radical (unpaired) electrons.